The van der Waals surface area contributed by atoms with E-state index in [0.717, 1.165) is 28.5 Å². The highest BCUT2D eigenvalue weighted by molar-refractivity contribution is 9.10. The molecular formula is C13H19BrOS. The predicted octanol–water partition coefficient (Wildman–Crippen LogP) is 4.61. The van der Waals surface area contributed by atoms with Crippen LogP contribution in [0.5, 0.6) is 5.75 Å². The summed E-state index contributed by atoms with van der Waals surface area (Å²) in [5.74, 6) is 4.07. The Morgan fingerprint density at radius 1 is 1.19 bits per heavy atom. The molecule has 0 atom stereocenters. The van der Waals surface area contributed by atoms with Crippen LogP contribution in [0.15, 0.2) is 28.7 Å². The fourth-order valence-electron chi connectivity index (χ4n) is 1.17. The van der Waals surface area contributed by atoms with Gasteiger partial charge in [-0.15, -0.1) is 0 Å². The van der Waals surface area contributed by atoms with Crippen LogP contribution in [0.4, 0.5) is 0 Å². The van der Waals surface area contributed by atoms with Gasteiger partial charge in [0.1, 0.15) is 5.75 Å². The van der Waals surface area contributed by atoms with Crippen LogP contribution in [-0.4, -0.2) is 18.1 Å². The van der Waals surface area contributed by atoms with E-state index in [1.165, 1.54) is 12.2 Å². The van der Waals surface area contributed by atoms with Crippen LogP contribution in [-0.2, 0) is 0 Å². The molecule has 0 spiro atoms. The van der Waals surface area contributed by atoms with Gasteiger partial charge in [-0.25, -0.2) is 0 Å². The summed E-state index contributed by atoms with van der Waals surface area (Å²) in [6, 6.07) is 7.98. The molecule has 0 saturated carbocycles. The summed E-state index contributed by atoms with van der Waals surface area (Å²) in [6.07, 6.45) is 1.29. The van der Waals surface area contributed by atoms with Crippen LogP contribution < -0.4 is 4.74 Å². The second-order valence-corrected chi connectivity index (χ2v) is 6.24. The van der Waals surface area contributed by atoms with Gasteiger partial charge in [0.2, 0.25) is 0 Å². The molecule has 0 aliphatic carbocycles. The van der Waals surface area contributed by atoms with Gasteiger partial charge in [-0.1, -0.05) is 29.8 Å². The first-order valence-corrected chi connectivity index (χ1v) is 7.59. The molecule has 1 aromatic carbocycles. The number of ether oxygens (including phenoxy) is 1. The van der Waals surface area contributed by atoms with E-state index in [1.807, 2.05) is 36.0 Å². The van der Waals surface area contributed by atoms with Crippen molar-refractivity contribution >= 4 is 27.7 Å². The van der Waals surface area contributed by atoms with Gasteiger partial charge < -0.3 is 4.74 Å². The number of benzene rings is 1. The molecule has 0 heterocycles. The van der Waals surface area contributed by atoms with Gasteiger partial charge >= 0.3 is 0 Å². The summed E-state index contributed by atoms with van der Waals surface area (Å²) in [6.45, 7) is 5.32. The Balaban J connectivity index is 2.05. The molecule has 0 amide bonds. The lowest BCUT2D eigenvalue weighted by Gasteiger charge is -2.07. The monoisotopic (exact) mass is 302 g/mol. The molecular weight excluding hydrogens is 284 g/mol. The minimum Gasteiger partial charge on any atom is -0.493 e. The molecule has 0 aromatic heterocycles. The fraction of sp³-hybridized carbons (Fsp3) is 0.538. The third kappa shape index (κ3) is 6.44. The van der Waals surface area contributed by atoms with Gasteiger partial charge in [0, 0.05) is 10.2 Å². The van der Waals surface area contributed by atoms with Crippen LogP contribution >= 0.6 is 27.7 Å². The Bertz CT molecular complexity index is 284. The van der Waals surface area contributed by atoms with Crippen molar-refractivity contribution in [3.63, 3.8) is 0 Å². The van der Waals surface area contributed by atoms with E-state index in [-0.39, 0.29) is 0 Å². The molecule has 90 valence electrons. The Labute approximate surface area is 111 Å². The minimum absolute atomic E-state index is 0.796. The summed E-state index contributed by atoms with van der Waals surface area (Å²) in [4.78, 5) is 0. The predicted molar refractivity (Wildman–Crippen MR) is 76.4 cm³/mol. The number of thioether (sulfide) groups is 1. The van der Waals surface area contributed by atoms with E-state index in [4.69, 9.17) is 4.74 Å². The van der Waals surface area contributed by atoms with Crippen molar-refractivity contribution in [2.45, 2.75) is 20.3 Å². The molecule has 1 rings (SSSR count). The Kier molecular flexibility index (Phi) is 6.97. The average Bonchev–Trinajstić information content (AvgIpc) is 2.25. The van der Waals surface area contributed by atoms with Gasteiger partial charge in [0.05, 0.1) is 6.61 Å². The zero-order valence-corrected chi connectivity index (χ0v) is 12.3. The van der Waals surface area contributed by atoms with Gasteiger partial charge in [0.15, 0.2) is 0 Å². The summed E-state index contributed by atoms with van der Waals surface area (Å²) >= 11 is 5.37. The summed E-state index contributed by atoms with van der Waals surface area (Å²) in [7, 11) is 0. The lowest BCUT2D eigenvalue weighted by Crippen LogP contribution is -2.01. The molecule has 0 aliphatic heterocycles. The molecule has 0 fully saturated rings. The molecule has 1 aromatic rings. The fourth-order valence-corrected chi connectivity index (χ4v) is 2.48. The minimum atomic E-state index is 0.796. The summed E-state index contributed by atoms with van der Waals surface area (Å²) < 4.78 is 6.72. The SMILES string of the molecule is CC(C)CCSCCOc1ccc(Br)cc1. The maximum Gasteiger partial charge on any atom is 0.119 e. The van der Waals surface area contributed by atoms with Crippen molar-refractivity contribution in [1.29, 1.82) is 0 Å². The van der Waals surface area contributed by atoms with Crippen LogP contribution in [0.25, 0.3) is 0 Å². The lowest BCUT2D eigenvalue weighted by molar-refractivity contribution is 0.344. The number of halogens is 1. The molecule has 0 bridgehead atoms. The molecule has 0 unspecified atom stereocenters. The van der Waals surface area contributed by atoms with Gasteiger partial charge in [-0.2, -0.15) is 11.8 Å². The first kappa shape index (κ1) is 13.9. The van der Waals surface area contributed by atoms with E-state index >= 15 is 0 Å². The maximum absolute atomic E-state index is 5.63. The maximum atomic E-state index is 5.63. The van der Waals surface area contributed by atoms with Crippen molar-refractivity contribution in [1.82, 2.24) is 0 Å². The molecule has 0 aliphatic rings. The molecule has 0 saturated heterocycles. The summed E-state index contributed by atoms with van der Waals surface area (Å²) in [5, 5.41) is 0. The highest BCUT2D eigenvalue weighted by atomic mass is 79.9. The lowest BCUT2D eigenvalue weighted by atomic mass is 10.2. The zero-order chi connectivity index (χ0) is 11.8. The second kappa shape index (κ2) is 8.02. The first-order valence-electron chi connectivity index (χ1n) is 5.64. The highest BCUT2D eigenvalue weighted by Gasteiger charge is 1.96. The van der Waals surface area contributed by atoms with Crippen LogP contribution in [0.1, 0.15) is 20.3 Å². The topological polar surface area (TPSA) is 9.23 Å². The zero-order valence-electron chi connectivity index (χ0n) is 9.91. The van der Waals surface area contributed by atoms with Crippen molar-refractivity contribution in [2.24, 2.45) is 5.92 Å². The third-order valence-electron chi connectivity index (χ3n) is 2.15. The van der Waals surface area contributed by atoms with Gasteiger partial charge in [-0.05, 0) is 42.4 Å². The van der Waals surface area contributed by atoms with Gasteiger partial charge in [-0.3, -0.25) is 0 Å². The van der Waals surface area contributed by atoms with Crippen molar-refractivity contribution in [3.8, 4) is 5.75 Å². The van der Waals surface area contributed by atoms with Crippen molar-refractivity contribution < 1.29 is 4.74 Å². The number of rotatable bonds is 7. The Morgan fingerprint density at radius 3 is 2.50 bits per heavy atom. The van der Waals surface area contributed by atoms with Crippen molar-refractivity contribution in [2.75, 3.05) is 18.1 Å². The van der Waals surface area contributed by atoms with Crippen LogP contribution in [0, 0.1) is 5.92 Å². The van der Waals surface area contributed by atoms with E-state index in [9.17, 15) is 0 Å². The highest BCUT2D eigenvalue weighted by Crippen LogP contribution is 2.16. The molecule has 3 heteroatoms. The molecule has 0 N–H and O–H groups in total. The van der Waals surface area contributed by atoms with E-state index in [1.54, 1.807) is 0 Å². The largest absolute Gasteiger partial charge is 0.493 e. The van der Waals surface area contributed by atoms with E-state index < -0.39 is 0 Å². The number of hydrogen-bond acceptors (Lipinski definition) is 2. The van der Waals surface area contributed by atoms with Crippen LogP contribution in [0.2, 0.25) is 0 Å². The standard InChI is InChI=1S/C13H19BrOS/c1-11(2)7-9-16-10-8-15-13-5-3-12(14)4-6-13/h3-6,11H,7-10H2,1-2H3. The Morgan fingerprint density at radius 2 is 1.88 bits per heavy atom. The van der Waals surface area contributed by atoms with Crippen molar-refractivity contribution in [3.05, 3.63) is 28.7 Å². The normalized spacial score (nSPS) is 10.8. The average molecular weight is 303 g/mol. The van der Waals surface area contributed by atoms with E-state index in [0.29, 0.717) is 0 Å². The quantitative estimate of drug-likeness (QED) is 0.680. The molecule has 16 heavy (non-hydrogen) atoms. The van der Waals surface area contributed by atoms with E-state index in [2.05, 4.69) is 29.8 Å². The Hall–Kier alpha value is -0.150. The summed E-state index contributed by atoms with van der Waals surface area (Å²) in [5.41, 5.74) is 0. The van der Waals surface area contributed by atoms with Crippen LogP contribution in [0.3, 0.4) is 0 Å². The second-order valence-electron chi connectivity index (χ2n) is 4.10. The molecule has 1 nitrogen and oxygen atoms in total. The first-order chi connectivity index (χ1) is 7.68. The third-order valence-corrected chi connectivity index (χ3v) is 3.66. The smallest absolute Gasteiger partial charge is 0.119 e. The van der Waals surface area contributed by atoms with Gasteiger partial charge in [0.25, 0.3) is 0 Å². The number of hydrogen-bond donors (Lipinski definition) is 0. The molecule has 0 radical (unpaired) electrons.